The molecular weight excluding hydrogens is 522 g/mol. The molecule has 3 aliphatic rings. The molecule has 11 heteroatoms. The number of hydrogen-bond acceptors (Lipinski definition) is 8. The van der Waals surface area contributed by atoms with Crippen LogP contribution in [0.25, 0.3) is 0 Å². The van der Waals surface area contributed by atoms with Crippen molar-refractivity contribution in [1.29, 1.82) is 0 Å². The molecule has 40 heavy (non-hydrogen) atoms. The van der Waals surface area contributed by atoms with Gasteiger partial charge in [0.2, 0.25) is 5.91 Å². The molecule has 0 saturated carbocycles. The maximum atomic E-state index is 12.0. The van der Waals surface area contributed by atoms with Crippen LogP contribution in [0.3, 0.4) is 0 Å². The number of carbonyl (C=O) groups is 1. The van der Waals surface area contributed by atoms with Crippen LogP contribution in [-0.2, 0) is 4.79 Å². The SMILES string of the molecule is C#CCCCCCCCCCCNC(=S)NC12CNCCNCC(NC(C)=O)(CNCCNC1)CNCCNC2. The minimum Gasteiger partial charge on any atom is -0.363 e. The van der Waals surface area contributed by atoms with Gasteiger partial charge in [-0.1, -0.05) is 38.5 Å². The molecule has 1 amide bonds. The molecule has 0 radical (unpaired) electrons. The Morgan fingerprint density at radius 3 is 1.45 bits per heavy atom. The first-order chi connectivity index (χ1) is 19.5. The number of thiocarbonyl (C=S) groups is 1. The second kappa shape index (κ2) is 21.2. The molecule has 0 aromatic heterocycles. The monoisotopic (exact) mass is 579 g/mol. The normalized spacial score (nSPS) is 25.2. The molecule has 0 aliphatic carbocycles. The van der Waals surface area contributed by atoms with Crippen LogP contribution < -0.4 is 47.9 Å². The van der Waals surface area contributed by atoms with Gasteiger partial charge in [0.15, 0.2) is 5.11 Å². The molecule has 2 bridgehead atoms. The van der Waals surface area contributed by atoms with Crippen molar-refractivity contribution in [3.8, 4) is 12.3 Å². The van der Waals surface area contributed by atoms with Gasteiger partial charge < -0.3 is 47.9 Å². The second-order valence-electron chi connectivity index (χ2n) is 11.5. The number of rotatable bonds is 12. The molecule has 3 fully saturated rings. The number of carbonyl (C=O) groups excluding carboxylic acids is 1. The highest BCUT2D eigenvalue weighted by Gasteiger charge is 2.32. The van der Waals surface area contributed by atoms with Gasteiger partial charge in [-0.2, -0.15) is 0 Å². The van der Waals surface area contributed by atoms with E-state index in [1.54, 1.807) is 6.92 Å². The van der Waals surface area contributed by atoms with Crippen molar-refractivity contribution in [1.82, 2.24) is 47.9 Å². The summed E-state index contributed by atoms with van der Waals surface area (Å²) in [5.41, 5.74) is -0.650. The first-order valence-electron chi connectivity index (χ1n) is 15.5. The quantitative estimate of drug-likeness (QED) is 0.0870. The summed E-state index contributed by atoms with van der Waals surface area (Å²) in [5, 5.41) is 32.7. The number of unbranched alkanes of at least 4 members (excludes halogenated alkanes) is 8. The summed E-state index contributed by atoms with van der Waals surface area (Å²) in [6.45, 7) is 11.8. The Kier molecular flexibility index (Phi) is 18.4. The largest absolute Gasteiger partial charge is 0.363 e. The van der Waals surface area contributed by atoms with Crippen molar-refractivity contribution >= 4 is 23.2 Å². The first kappa shape index (κ1) is 34.7. The number of hydrogen-bond donors (Lipinski definition) is 9. The average molecular weight is 580 g/mol. The average Bonchev–Trinajstić information content (AvgIpc) is 2.92. The van der Waals surface area contributed by atoms with Crippen LogP contribution in [0.1, 0.15) is 64.7 Å². The van der Waals surface area contributed by atoms with Crippen molar-refractivity contribution in [2.45, 2.75) is 75.8 Å². The molecule has 0 aromatic carbocycles. The molecule has 0 atom stereocenters. The molecule has 9 N–H and O–H groups in total. The van der Waals surface area contributed by atoms with Crippen molar-refractivity contribution in [2.24, 2.45) is 0 Å². The zero-order valence-electron chi connectivity index (χ0n) is 25.0. The topological polar surface area (TPSA) is 125 Å². The molecule has 0 spiro atoms. The lowest BCUT2D eigenvalue weighted by atomic mass is 9.97. The number of fused-ring (bicyclic) bond motifs is 15. The summed E-state index contributed by atoms with van der Waals surface area (Å²) in [6, 6.07) is 0. The van der Waals surface area contributed by atoms with Gasteiger partial charge in [0.25, 0.3) is 0 Å². The van der Waals surface area contributed by atoms with Crippen molar-refractivity contribution in [3.63, 3.8) is 0 Å². The summed E-state index contributed by atoms with van der Waals surface area (Å²) < 4.78 is 0. The standard InChI is InChI=1S/C29H57N9OS/c1-3-4-5-6-7-8-9-10-11-12-13-36-27(40)38-29-23-33-17-14-30-20-28(37-26(2)39,21-31-15-18-34-24-29)22-32-16-19-35-25-29/h1,30-35H,4-25H2,2H3,(H,37,39)(H2,36,38,40). The highest BCUT2D eigenvalue weighted by Crippen LogP contribution is 2.09. The molecule has 0 aromatic rings. The van der Waals surface area contributed by atoms with Crippen LogP contribution >= 0.6 is 12.2 Å². The van der Waals surface area contributed by atoms with Crippen molar-refractivity contribution < 1.29 is 4.79 Å². The zero-order valence-corrected chi connectivity index (χ0v) is 25.8. The van der Waals surface area contributed by atoms with Gasteiger partial charge in [-0.15, -0.1) is 12.3 Å². The minimum atomic E-state index is -0.383. The predicted octanol–water partition coefficient (Wildman–Crippen LogP) is -0.227. The molecule has 230 valence electrons. The number of amides is 1. The Bertz CT molecular complexity index is 702. The molecule has 3 saturated heterocycles. The van der Waals surface area contributed by atoms with Crippen molar-refractivity contribution in [2.75, 3.05) is 85.1 Å². The van der Waals surface area contributed by atoms with E-state index in [1.807, 2.05) is 0 Å². The van der Waals surface area contributed by atoms with Gasteiger partial charge in [-0.05, 0) is 25.1 Å². The summed E-state index contributed by atoms with van der Waals surface area (Å²) in [4.78, 5) is 12.0. The van der Waals surface area contributed by atoms with Crippen LogP contribution in [0.15, 0.2) is 0 Å². The lowest BCUT2D eigenvalue weighted by molar-refractivity contribution is -0.120. The van der Waals surface area contributed by atoms with E-state index >= 15 is 0 Å². The third kappa shape index (κ3) is 15.5. The van der Waals surface area contributed by atoms with E-state index in [2.05, 4.69) is 53.8 Å². The van der Waals surface area contributed by atoms with E-state index in [9.17, 15) is 4.79 Å². The van der Waals surface area contributed by atoms with Crippen LogP contribution in [0, 0.1) is 12.3 Å². The molecular formula is C29H57N9OS. The highest BCUT2D eigenvalue weighted by atomic mass is 32.1. The van der Waals surface area contributed by atoms with E-state index in [-0.39, 0.29) is 17.0 Å². The van der Waals surface area contributed by atoms with Gasteiger partial charge in [-0.25, -0.2) is 0 Å². The number of nitrogens with one attached hydrogen (secondary N) is 9. The second-order valence-corrected chi connectivity index (χ2v) is 11.9. The van der Waals surface area contributed by atoms with Gasteiger partial charge in [0.1, 0.15) is 0 Å². The summed E-state index contributed by atoms with van der Waals surface area (Å²) in [5.74, 6) is 2.71. The fourth-order valence-corrected chi connectivity index (χ4v) is 5.73. The maximum absolute atomic E-state index is 12.0. The Labute approximate surface area is 248 Å². The summed E-state index contributed by atoms with van der Waals surface area (Å²) >= 11 is 5.77. The van der Waals surface area contributed by atoms with E-state index in [1.165, 1.54) is 38.5 Å². The summed E-state index contributed by atoms with van der Waals surface area (Å²) in [7, 11) is 0. The Hall–Kier alpha value is -1.52. The Morgan fingerprint density at radius 2 is 1.05 bits per heavy atom. The fourth-order valence-electron chi connectivity index (χ4n) is 5.41. The van der Waals surface area contributed by atoms with E-state index in [4.69, 9.17) is 18.6 Å². The van der Waals surface area contributed by atoms with Gasteiger partial charge in [0.05, 0.1) is 11.1 Å². The lowest BCUT2D eigenvalue weighted by Crippen LogP contribution is -2.68. The maximum Gasteiger partial charge on any atom is 0.217 e. The van der Waals surface area contributed by atoms with Crippen LogP contribution in [0.4, 0.5) is 0 Å². The lowest BCUT2D eigenvalue weighted by Gasteiger charge is -2.39. The van der Waals surface area contributed by atoms with E-state index in [0.717, 1.165) is 89.8 Å². The van der Waals surface area contributed by atoms with Crippen LogP contribution in [0.5, 0.6) is 0 Å². The zero-order chi connectivity index (χ0) is 28.8. The third-order valence-electron chi connectivity index (χ3n) is 7.57. The highest BCUT2D eigenvalue weighted by molar-refractivity contribution is 7.80. The first-order valence-corrected chi connectivity index (χ1v) is 15.9. The Balaban J connectivity index is 1.85. The van der Waals surface area contributed by atoms with Crippen molar-refractivity contribution in [3.05, 3.63) is 0 Å². The van der Waals surface area contributed by atoms with Crippen LogP contribution in [0.2, 0.25) is 0 Å². The minimum absolute atomic E-state index is 0.00900. The van der Waals surface area contributed by atoms with Gasteiger partial charge in [-0.3, -0.25) is 4.79 Å². The molecule has 3 heterocycles. The smallest absolute Gasteiger partial charge is 0.217 e. The predicted molar refractivity (Wildman–Crippen MR) is 171 cm³/mol. The summed E-state index contributed by atoms with van der Waals surface area (Å²) in [6.07, 6.45) is 16.2. The molecule has 10 nitrogen and oxygen atoms in total. The Morgan fingerprint density at radius 1 is 0.675 bits per heavy atom. The molecule has 3 aliphatic heterocycles. The fraction of sp³-hybridized carbons (Fsp3) is 0.862. The van der Waals surface area contributed by atoms with Gasteiger partial charge >= 0.3 is 0 Å². The van der Waals surface area contributed by atoms with E-state index < -0.39 is 0 Å². The van der Waals surface area contributed by atoms with Crippen LogP contribution in [-0.4, -0.2) is 107 Å². The molecule has 3 rings (SSSR count). The molecule has 0 unspecified atom stereocenters. The number of terminal acetylenes is 1. The van der Waals surface area contributed by atoms with Gasteiger partial charge in [0, 0.05) is 98.4 Å². The van der Waals surface area contributed by atoms with E-state index in [0.29, 0.717) is 19.6 Å². The third-order valence-corrected chi connectivity index (χ3v) is 7.82.